The molecule has 0 saturated heterocycles. The summed E-state index contributed by atoms with van der Waals surface area (Å²) in [4.78, 5) is 11.8. The van der Waals surface area contributed by atoms with Crippen LogP contribution >= 0.6 is 0 Å². The number of nitrogens with one attached hydrogen (secondary N) is 1. The maximum absolute atomic E-state index is 13.4. The molecular formula is C15H21F2NO2. The van der Waals surface area contributed by atoms with Crippen LogP contribution in [0.15, 0.2) is 18.2 Å². The van der Waals surface area contributed by atoms with Crippen molar-refractivity contribution in [3.63, 3.8) is 0 Å². The highest BCUT2D eigenvalue weighted by Gasteiger charge is 2.16. The molecule has 0 saturated carbocycles. The van der Waals surface area contributed by atoms with Crippen LogP contribution in [0, 0.1) is 23.5 Å². The zero-order valence-corrected chi connectivity index (χ0v) is 11.8. The Morgan fingerprint density at radius 2 is 2.05 bits per heavy atom. The molecule has 1 aromatic carbocycles. The summed E-state index contributed by atoms with van der Waals surface area (Å²) in [5.74, 6) is -1.46. The average Bonchev–Trinajstić information content (AvgIpc) is 2.38. The number of halogens is 2. The van der Waals surface area contributed by atoms with Crippen molar-refractivity contribution in [1.29, 1.82) is 0 Å². The fourth-order valence-electron chi connectivity index (χ4n) is 2.16. The van der Waals surface area contributed by atoms with Crippen molar-refractivity contribution in [1.82, 2.24) is 5.32 Å². The highest BCUT2D eigenvalue weighted by molar-refractivity contribution is 5.94. The third kappa shape index (κ3) is 5.25. The molecule has 0 heterocycles. The molecule has 1 rings (SSSR count). The van der Waals surface area contributed by atoms with E-state index in [1.165, 1.54) is 0 Å². The van der Waals surface area contributed by atoms with Crippen LogP contribution in [-0.4, -0.2) is 24.2 Å². The Morgan fingerprint density at radius 3 is 2.65 bits per heavy atom. The van der Waals surface area contributed by atoms with Crippen molar-refractivity contribution in [2.24, 2.45) is 11.8 Å². The summed E-state index contributed by atoms with van der Waals surface area (Å²) in [5.41, 5.74) is -0.294. The van der Waals surface area contributed by atoms with Gasteiger partial charge in [-0.15, -0.1) is 0 Å². The minimum atomic E-state index is -0.744. The number of carbonyl (C=O) groups is 1. The Hall–Kier alpha value is -1.49. The van der Waals surface area contributed by atoms with Gasteiger partial charge < -0.3 is 10.4 Å². The molecule has 1 aromatic rings. The zero-order valence-electron chi connectivity index (χ0n) is 11.8. The molecule has 3 nitrogen and oxygen atoms in total. The molecule has 2 N–H and O–H groups in total. The lowest BCUT2D eigenvalue weighted by Crippen LogP contribution is -2.31. The molecule has 0 bridgehead atoms. The van der Waals surface area contributed by atoms with E-state index in [0.29, 0.717) is 18.9 Å². The van der Waals surface area contributed by atoms with Crippen LogP contribution in [0.2, 0.25) is 0 Å². The van der Waals surface area contributed by atoms with E-state index in [2.05, 4.69) is 19.2 Å². The van der Waals surface area contributed by atoms with Crippen molar-refractivity contribution < 1.29 is 18.7 Å². The molecule has 0 fully saturated rings. The fourth-order valence-corrected chi connectivity index (χ4v) is 2.16. The van der Waals surface area contributed by atoms with Gasteiger partial charge in [-0.05, 0) is 42.9 Å². The summed E-state index contributed by atoms with van der Waals surface area (Å²) in [5, 5.41) is 11.6. The molecule has 20 heavy (non-hydrogen) atoms. The lowest BCUT2D eigenvalue weighted by molar-refractivity contribution is 0.0937. The molecule has 5 heteroatoms. The van der Waals surface area contributed by atoms with E-state index in [-0.39, 0.29) is 18.1 Å². The minimum Gasteiger partial charge on any atom is -0.396 e. The molecular weight excluding hydrogens is 264 g/mol. The van der Waals surface area contributed by atoms with E-state index in [9.17, 15) is 13.6 Å². The van der Waals surface area contributed by atoms with Gasteiger partial charge in [-0.1, -0.05) is 13.8 Å². The SMILES string of the molecule is CC(C)CC(CCO)CNC(=O)c1cc(F)ccc1F. The molecule has 1 unspecified atom stereocenters. The standard InChI is InChI=1S/C15H21F2NO2/c1-10(2)7-11(5-6-19)9-18-15(20)13-8-12(16)3-4-14(13)17/h3-4,8,10-11,19H,5-7,9H2,1-2H3,(H,18,20). The van der Waals surface area contributed by atoms with Crippen LogP contribution in [0.25, 0.3) is 0 Å². The van der Waals surface area contributed by atoms with E-state index in [1.54, 1.807) is 0 Å². The van der Waals surface area contributed by atoms with Crippen molar-refractivity contribution in [3.05, 3.63) is 35.4 Å². The van der Waals surface area contributed by atoms with Gasteiger partial charge in [0.2, 0.25) is 0 Å². The van der Waals surface area contributed by atoms with Gasteiger partial charge in [0.1, 0.15) is 11.6 Å². The molecule has 0 aliphatic rings. The van der Waals surface area contributed by atoms with Gasteiger partial charge in [-0.25, -0.2) is 8.78 Å². The highest BCUT2D eigenvalue weighted by atomic mass is 19.1. The van der Waals surface area contributed by atoms with Crippen molar-refractivity contribution in [2.45, 2.75) is 26.7 Å². The fraction of sp³-hybridized carbons (Fsp3) is 0.533. The first-order valence-electron chi connectivity index (χ1n) is 6.78. The number of benzene rings is 1. The minimum absolute atomic E-state index is 0.0432. The summed E-state index contributed by atoms with van der Waals surface area (Å²) >= 11 is 0. The normalized spacial score (nSPS) is 12.5. The second-order valence-electron chi connectivity index (χ2n) is 5.34. The van der Waals surface area contributed by atoms with Gasteiger partial charge in [-0.2, -0.15) is 0 Å². The number of aliphatic hydroxyl groups excluding tert-OH is 1. The Balaban J connectivity index is 2.62. The predicted octanol–water partition coefficient (Wildman–Crippen LogP) is 2.74. The highest BCUT2D eigenvalue weighted by Crippen LogP contribution is 2.15. The van der Waals surface area contributed by atoms with Crippen LogP contribution in [0.1, 0.15) is 37.0 Å². The lowest BCUT2D eigenvalue weighted by Gasteiger charge is -2.18. The number of aliphatic hydroxyl groups is 1. The van der Waals surface area contributed by atoms with Crippen LogP contribution in [0.3, 0.4) is 0 Å². The number of rotatable bonds is 7. The first-order chi connectivity index (χ1) is 9.43. The van der Waals surface area contributed by atoms with Gasteiger partial charge in [-0.3, -0.25) is 4.79 Å². The van der Waals surface area contributed by atoms with Gasteiger partial charge >= 0.3 is 0 Å². The Morgan fingerprint density at radius 1 is 1.35 bits per heavy atom. The molecule has 0 aliphatic heterocycles. The van der Waals surface area contributed by atoms with Crippen LogP contribution in [0.4, 0.5) is 8.78 Å². The Bertz CT molecular complexity index is 449. The summed E-state index contributed by atoms with van der Waals surface area (Å²) in [6.45, 7) is 4.49. The molecule has 1 atom stereocenters. The summed E-state index contributed by atoms with van der Waals surface area (Å²) in [7, 11) is 0. The second-order valence-corrected chi connectivity index (χ2v) is 5.34. The average molecular weight is 285 g/mol. The van der Waals surface area contributed by atoms with Crippen LogP contribution in [0.5, 0.6) is 0 Å². The van der Waals surface area contributed by atoms with E-state index in [0.717, 1.165) is 24.6 Å². The van der Waals surface area contributed by atoms with Gasteiger partial charge in [0.25, 0.3) is 5.91 Å². The van der Waals surface area contributed by atoms with Crippen molar-refractivity contribution >= 4 is 5.91 Å². The monoisotopic (exact) mass is 285 g/mol. The van der Waals surface area contributed by atoms with E-state index >= 15 is 0 Å². The Kier molecular flexibility index (Phi) is 6.58. The maximum Gasteiger partial charge on any atom is 0.254 e. The zero-order chi connectivity index (χ0) is 15.1. The van der Waals surface area contributed by atoms with Crippen LogP contribution in [-0.2, 0) is 0 Å². The largest absolute Gasteiger partial charge is 0.396 e. The third-order valence-corrected chi connectivity index (χ3v) is 3.07. The van der Waals surface area contributed by atoms with Crippen molar-refractivity contribution in [3.8, 4) is 0 Å². The van der Waals surface area contributed by atoms with Gasteiger partial charge in [0.05, 0.1) is 5.56 Å². The molecule has 112 valence electrons. The summed E-state index contributed by atoms with van der Waals surface area (Å²) in [6, 6.07) is 2.79. The van der Waals surface area contributed by atoms with Crippen molar-refractivity contribution in [2.75, 3.05) is 13.2 Å². The molecule has 1 amide bonds. The second kappa shape index (κ2) is 7.94. The smallest absolute Gasteiger partial charge is 0.254 e. The molecule has 0 spiro atoms. The molecule has 0 aliphatic carbocycles. The number of hydrogen-bond acceptors (Lipinski definition) is 2. The van der Waals surface area contributed by atoms with E-state index < -0.39 is 17.5 Å². The maximum atomic E-state index is 13.4. The predicted molar refractivity (Wildman–Crippen MR) is 73.3 cm³/mol. The van der Waals surface area contributed by atoms with Gasteiger partial charge in [0.15, 0.2) is 0 Å². The summed E-state index contributed by atoms with van der Waals surface area (Å²) < 4.78 is 26.5. The van der Waals surface area contributed by atoms with E-state index in [4.69, 9.17) is 5.11 Å². The van der Waals surface area contributed by atoms with Crippen LogP contribution < -0.4 is 5.32 Å². The number of amides is 1. The number of hydrogen-bond donors (Lipinski definition) is 2. The number of carbonyl (C=O) groups excluding carboxylic acids is 1. The third-order valence-electron chi connectivity index (χ3n) is 3.07. The summed E-state index contributed by atoms with van der Waals surface area (Å²) in [6.07, 6.45) is 1.43. The van der Waals surface area contributed by atoms with Gasteiger partial charge in [0, 0.05) is 13.2 Å². The lowest BCUT2D eigenvalue weighted by atomic mass is 9.94. The quantitative estimate of drug-likeness (QED) is 0.809. The van der Waals surface area contributed by atoms with E-state index in [1.807, 2.05) is 0 Å². The first-order valence-corrected chi connectivity index (χ1v) is 6.78. The topological polar surface area (TPSA) is 49.3 Å². The first kappa shape index (κ1) is 16.6. The Labute approximate surface area is 118 Å². The molecule has 0 aromatic heterocycles. The molecule has 0 radical (unpaired) electrons.